The Balaban J connectivity index is 1.37. The Hall–Kier alpha value is -2.60. The second kappa shape index (κ2) is 6.85. The first-order valence-electron chi connectivity index (χ1n) is 9.36. The van der Waals surface area contributed by atoms with E-state index >= 15 is 0 Å². The molecule has 27 heavy (non-hydrogen) atoms. The predicted molar refractivity (Wildman–Crippen MR) is 101 cm³/mol. The molecule has 0 spiro atoms. The van der Waals surface area contributed by atoms with Crippen LogP contribution in [0.2, 0.25) is 0 Å². The van der Waals surface area contributed by atoms with Crippen LogP contribution in [0.25, 0.3) is 10.8 Å². The van der Waals surface area contributed by atoms with E-state index in [0.717, 1.165) is 6.42 Å². The van der Waals surface area contributed by atoms with Gasteiger partial charge >= 0.3 is 12.1 Å². The summed E-state index contributed by atoms with van der Waals surface area (Å²) in [6.07, 6.45) is 1.13. The van der Waals surface area contributed by atoms with E-state index in [4.69, 9.17) is 15.2 Å². The van der Waals surface area contributed by atoms with Gasteiger partial charge in [0.1, 0.15) is 6.04 Å². The minimum absolute atomic E-state index is 0.0320. The van der Waals surface area contributed by atoms with Gasteiger partial charge in [-0.25, -0.2) is 4.79 Å². The average Bonchev–Trinajstić information content (AvgIpc) is 3.27. The molecule has 0 unspecified atom stereocenters. The number of esters is 1. The number of ether oxygens (including phenoxy) is 2. The lowest BCUT2D eigenvalue weighted by atomic mass is 9.93. The molecule has 6 nitrogen and oxygen atoms in total. The summed E-state index contributed by atoms with van der Waals surface area (Å²) in [6.45, 7) is 2.71. The number of benzene rings is 2. The molecule has 0 bridgehead atoms. The molecule has 142 valence electrons. The third kappa shape index (κ3) is 3.25. The quantitative estimate of drug-likeness (QED) is 0.648. The normalized spacial score (nSPS) is 24.4. The minimum atomic E-state index is -0.681. The number of nitrogens with two attached hydrogens (primary N) is 1. The minimum Gasteiger partial charge on any atom is -0.427 e. The molecule has 1 saturated heterocycles. The lowest BCUT2D eigenvalue weighted by Crippen LogP contribution is -2.35. The van der Waals surface area contributed by atoms with Gasteiger partial charge in [0.15, 0.2) is 0 Å². The zero-order valence-electron chi connectivity index (χ0n) is 15.4. The molecule has 1 saturated carbocycles. The van der Waals surface area contributed by atoms with Crippen LogP contribution < -0.4 is 5.73 Å². The zero-order chi connectivity index (χ0) is 19.0. The van der Waals surface area contributed by atoms with Crippen molar-refractivity contribution in [3.63, 3.8) is 0 Å². The van der Waals surface area contributed by atoms with Crippen LogP contribution >= 0.6 is 0 Å². The molecule has 1 aliphatic carbocycles. The molecule has 6 heteroatoms. The molecular formula is C21H24N2O4. The predicted octanol–water partition coefficient (Wildman–Crippen LogP) is 2.79. The molecular weight excluding hydrogens is 344 g/mol. The van der Waals surface area contributed by atoms with E-state index in [2.05, 4.69) is 30.3 Å². The van der Waals surface area contributed by atoms with Crippen molar-refractivity contribution in [2.24, 2.45) is 11.7 Å². The van der Waals surface area contributed by atoms with Crippen LogP contribution in [0.5, 0.6) is 0 Å². The fourth-order valence-electron chi connectivity index (χ4n) is 4.07. The van der Waals surface area contributed by atoms with E-state index in [1.807, 2.05) is 12.1 Å². The van der Waals surface area contributed by atoms with Gasteiger partial charge in [0.2, 0.25) is 6.79 Å². The Morgan fingerprint density at radius 2 is 2.00 bits per heavy atom. The third-order valence-corrected chi connectivity index (χ3v) is 5.85. The van der Waals surface area contributed by atoms with Crippen molar-refractivity contribution in [1.29, 1.82) is 0 Å². The number of fused-ring (bicyclic) bond motifs is 2. The molecule has 2 aromatic carbocycles. The van der Waals surface area contributed by atoms with Gasteiger partial charge in [-0.1, -0.05) is 49.4 Å². The van der Waals surface area contributed by atoms with Gasteiger partial charge in [0.25, 0.3) is 0 Å². The Kier molecular flexibility index (Phi) is 4.52. The highest BCUT2D eigenvalue weighted by molar-refractivity contribution is 5.83. The summed E-state index contributed by atoms with van der Waals surface area (Å²) >= 11 is 0. The van der Waals surface area contributed by atoms with Gasteiger partial charge in [-0.15, -0.1) is 0 Å². The van der Waals surface area contributed by atoms with Crippen LogP contribution in [0.4, 0.5) is 4.79 Å². The first-order chi connectivity index (χ1) is 13.0. The van der Waals surface area contributed by atoms with Gasteiger partial charge < -0.3 is 20.1 Å². The Labute approximate surface area is 158 Å². The number of likely N-dealkylation sites (tertiary alicyclic amines) is 1. The van der Waals surface area contributed by atoms with E-state index in [-0.39, 0.29) is 5.41 Å². The molecule has 0 aromatic heterocycles. The molecule has 1 amide bonds. The van der Waals surface area contributed by atoms with Crippen molar-refractivity contribution in [3.05, 3.63) is 48.0 Å². The summed E-state index contributed by atoms with van der Waals surface area (Å²) in [4.78, 5) is 25.5. The summed E-state index contributed by atoms with van der Waals surface area (Å²) < 4.78 is 9.99. The van der Waals surface area contributed by atoms with Crippen LogP contribution in [0, 0.1) is 5.92 Å². The van der Waals surface area contributed by atoms with Crippen molar-refractivity contribution < 1.29 is 19.1 Å². The maximum atomic E-state index is 12.3. The van der Waals surface area contributed by atoms with Crippen molar-refractivity contribution in [3.8, 4) is 0 Å². The number of carbonyl (C=O) groups excluding carboxylic acids is 2. The zero-order valence-corrected chi connectivity index (χ0v) is 15.4. The smallest absolute Gasteiger partial charge is 0.412 e. The molecule has 1 aliphatic heterocycles. The third-order valence-electron chi connectivity index (χ3n) is 5.85. The van der Waals surface area contributed by atoms with E-state index in [1.165, 1.54) is 16.3 Å². The second-order valence-corrected chi connectivity index (χ2v) is 7.51. The standard InChI is InChI=1S/C21H24N2O4/c1-2-18(22)19(24)26-13-27-20(25)23-11-17-10-21(17,12-23)16-8-7-14-5-3-4-6-15(14)9-16/h3-9,17-18H,2,10-13,22H2,1H3/t17-,18-,21+/m1/s1. The van der Waals surface area contributed by atoms with E-state index < -0.39 is 24.9 Å². The number of hydrogen-bond donors (Lipinski definition) is 1. The fraction of sp³-hybridized carbons (Fsp3) is 0.429. The summed E-state index contributed by atoms with van der Waals surface area (Å²) in [7, 11) is 0. The number of hydrogen-bond acceptors (Lipinski definition) is 5. The second-order valence-electron chi connectivity index (χ2n) is 7.51. The number of nitrogens with zero attached hydrogens (tertiary/aromatic N) is 1. The van der Waals surface area contributed by atoms with E-state index in [9.17, 15) is 9.59 Å². The van der Waals surface area contributed by atoms with Crippen molar-refractivity contribution in [2.75, 3.05) is 19.9 Å². The van der Waals surface area contributed by atoms with Crippen LogP contribution in [-0.2, 0) is 19.7 Å². The number of piperidine rings is 1. The molecule has 1 heterocycles. The van der Waals surface area contributed by atoms with Crippen molar-refractivity contribution >= 4 is 22.8 Å². The van der Waals surface area contributed by atoms with E-state index in [1.54, 1.807) is 11.8 Å². The fourth-order valence-corrected chi connectivity index (χ4v) is 4.07. The molecule has 3 atom stereocenters. The molecule has 0 radical (unpaired) electrons. The SMILES string of the molecule is CC[C@@H](N)C(=O)OCOC(=O)N1C[C@H]2C[C@@]2(c2ccc3ccccc3c2)C1. The van der Waals surface area contributed by atoms with Gasteiger partial charge in [-0.2, -0.15) is 0 Å². The monoisotopic (exact) mass is 368 g/mol. The molecule has 4 rings (SSSR count). The van der Waals surface area contributed by atoms with Crippen molar-refractivity contribution in [2.45, 2.75) is 31.2 Å². The maximum Gasteiger partial charge on any atom is 0.412 e. The lowest BCUT2D eigenvalue weighted by molar-refractivity contribution is -0.154. The average molecular weight is 368 g/mol. The first kappa shape index (κ1) is 17.8. The highest BCUT2D eigenvalue weighted by Gasteiger charge is 2.62. The highest BCUT2D eigenvalue weighted by Crippen LogP contribution is 2.59. The van der Waals surface area contributed by atoms with Gasteiger partial charge in [-0.05, 0) is 35.1 Å². The molecule has 2 fully saturated rings. The Morgan fingerprint density at radius 1 is 1.22 bits per heavy atom. The number of amides is 1. The molecule has 2 N–H and O–H groups in total. The Bertz CT molecular complexity index is 883. The molecule has 2 aliphatic rings. The van der Waals surface area contributed by atoms with Gasteiger partial charge in [-0.3, -0.25) is 4.79 Å². The highest BCUT2D eigenvalue weighted by atomic mass is 16.7. The summed E-state index contributed by atoms with van der Waals surface area (Å²) in [5, 5.41) is 2.44. The van der Waals surface area contributed by atoms with E-state index in [0.29, 0.717) is 25.4 Å². The summed E-state index contributed by atoms with van der Waals surface area (Å²) in [6, 6.07) is 14.2. The largest absolute Gasteiger partial charge is 0.427 e. The van der Waals surface area contributed by atoms with Crippen LogP contribution in [-0.4, -0.2) is 42.9 Å². The molecule has 2 aromatic rings. The Morgan fingerprint density at radius 3 is 2.78 bits per heavy atom. The number of rotatable bonds is 5. The summed E-state index contributed by atoms with van der Waals surface area (Å²) in [5.41, 5.74) is 6.89. The van der Waals surface area contributed by atoms with Crippen molar-refractivity contribution in [1.82, 2.24) is 4.90 Å². The maximum absolute atomic E-state index is 12.3. The summed E-state index contributed by atoms with van der Waals surface area (Å²) in [5.74, 6) is -0.0931. The van der Waals surface area contributed by atoms with Gasteiger partial charge in [0, 0.05) is 18.5 Å². The lowest BCUT2D eigenvalue weighted by Gasteiger charge is -2.21. The van der Waals surface area contributed by atoms with Crippen LogP contribution in [0.3, 0.4) is 0 Å². The topological polar surface area (TPSA) is 81.9 Å². The number of carbonyl (C=O) groups is 2. The van der Waals surface area contributed by atoms with Crippen LogP contribution in [0.1, 0.15) is 25.3 Å². The van der Waals surface area contributed by atoms with Gasteiger partial charge in [0.05, 0.1) is 0 Å². The van der Waals surface area contributed by atoms with Crippen LogP contribution in [0.15, 0.2) is 42.5 Å². The first-order valence-corrected chi connectivity index (χ1v) is 9.36.